The summed E-state index contributed by atoms with van der Waals surface area (Å²) >= 11 is 3.47. The van der Waals surface area contributed by atoms with Gasteiger partial charge >= 0.3 is 0 Å². The summed E-state index contributed by atoms with van der Waals surface area (Å²) in [6, 6.07) is 12.2. The molecule has 18 heavy (non-hydrogen) atoms. The quantitative estimate of drug-likeness (QED) is 0.855. The Morgan fingerprint density at radius 1 is 1.17 bits per heavy atom. The van der Waals surface area contributed by atoms with E-state index < -0.39 is 0 Å². The number of nitrogen functional groups attached to an aromatic ring is 1. The van der Waals surface area contributed by atoms with Crippen molar-refractivity contribution in [1.29, 1.82) is 0 Å². The van der Waals surface area contributed by atoms with Gasteiger partial charge in [0, 0.05) is 16.7 Å². The van der Waals surface area contributed by atoms with Gasteiger partial charge in [0.1, 0.15) is 5.82 Å². The van der Waals surface area contributed by atoms with Crippen LogP contribution in [-0.2, 0) is 0 Å². The topological polar surface area (TPSA) is 29.3 Å². The molecule has 2 rings (SSSR count). The van der Waals surface area contributed by atoms with E-state index in [-0.39, 0.29) is 5.82 Å². The largest absolute Gasteiger partial charge is 0.399 e. The van der Waals surface area contributed by atoms with Gasteiger partial charge in [-0.3, -0.25) is 0 Å². The van der Waals surface area contributed by atoms with Crippen LogP contribution in [0.2, 0.25) is 0 Å². The number of rotatable bonds is 3. The zero-order valence-electron chi connectivity index (χ0n) is 10.0. The van der Waals surface area contributed by atoms with Crippen molar-refractivity contribution in [2.24, 2.45) is 0 Å². The number of anilines is 3. The molecule has 0 bridgehead atoms. The van der Waals surface area contributed by atoms with Crippen LogP contribution >= 0.6 is 15.9 Å². The zero-order valence-corrected chi connectivity index (χ0v) is 11.6. The van der Waals surface area contributed by atoms with Crippen molar-refractivity contribution in [3.05, 3.63) is 52.8 Å². The SMILES string of the molecule is CCN(c1ccccc1F)c1ccc(N)cc1Br. The van der Waals surface area contributed by atoms with Crippen molar-refractivity contribution in [2.75, 3.05) is 17.2 Å². The summed E-state index contributed by atoms with van der Waals surface area (Å²) in [5, 5.41) is 0. The molecule has 0 aliphatic rings. The van der Waals surface area contributed by atoms with Crippen molar-refractivity contribution >= 4 is 33.0 Å². The average Bonchev–Trinajstić information content (AvgIpc) is 2.34. The van der Waals surface area contributed by atoms with Crippen LogP contribution in [0.4, 0.5) is 21.5 Å². The smallest absolute Gasteiger partial charge is 0.146 e. The molecule has 0 aliphatic heterocycles. The van der Waals surface area contributed by atoms with E-state index in [0.29, 0.717) is 17.9 Å². The molecule has 0 fully saturated rings. The van der Waals surface area contributed by atoms with E-state index in [1.54, 1.807) is 12.1 Å². The second-order valence-electron chi connectivity index (χ2n) is 3.91. The third kappa shape index (κ3) is 2.48. The van der Waals surface area contributed by atoms with E-state index in [2.05, 4.69) is 15.9 Å². The molecule has 4 heteroatoms. The van der Waals surface area contributed by atoms with Crippen LogP contribution in [0.1, 0.15) is 6.92 Å². The van der Waals surface area contributed by atoms with Crippen molar-refractivity contribution in [3.8, 4) is 0 Å². The minimum atomic E-state index is -0.233. The summed E-state index contributed by atoms with van der Waals surface area (Å²) in [6.07, 6.45) is 0. The highest BCUT2D eigenvalue weighted by atomic mass is 79.9. The normalized spacial score (nSPS) is 10.4. The Balaban J connectivity index is 2.49. The second kappa shape index (κ2) is 5.40. The Hall–Kier alpha value is -1.55. The van der Waals surface area contributed by atoms with Crippen molar-refractivity contribution < 1.29 is 4.39 Å². The maximum absolute atomic E-state index is 13.8. The molecule has 2 aromatic rings. The number of hydrogen-bond acceptors (Lipinski definition) is 2. The molecule has 0 saturated heterocycles. The van der Waals surface area contributed by atoms with Crippen LogP contribution in [-0.4, -0.2) is 6.54 Å². The first kappa shape index (κ1) is 12.9. The minimum absolute atomic E-state index is 0.233. The first-order valence-electron chi connectivity index (χ1n) is 5.70. The number of nitrogens with two attached hydrogens (primary N) is 1. The number of halogens is 2. The van der Waals surface area contributed by atoms with E-state index in [1.165, 1.54) is 6.07 Å². The van der Waals surface area contributed by atoms with Crippen LogP contribution in [0.25, 0.3) is 0 Å². The van der Waals surface area contributed by atoms with E-state index in [4.69, 9.17) is 5.73 Å². The number of nitrogens with zero attached hydrogens (tertiary/aromatic N) is 1. The standard InChI is InChI=1S/C14H14BrFN2/c1-2-18(14-6-4-3-5-12(14)16)13-8-7-10(17)9-11(13)15/h3-9H,2,17H2,1H3. The first-order valence-corrected chi connectivity index (χ1v) is 6.50. The molecule has 0 unspecified atom stereocenters. The Kier molecular flexibility index (Phi) is 3.87. The predicted octanol–water partition coefficient (Wildman–Crippen LogP) is 4.33. The highest BCUT2D eigenvalue weighted by Gasteiger charge is 2.14. The van der Waals surface area contributed by atoms with Crippen LogP contribution in [0.5, 0.6) is 0 Å². The van der Waals surface area contributed by atoms with Gasteiger partial charge in [-0.1, -0.05) is 12.1 Å². The maximum atomic E-state index is 13.8. The number of para-hydroxylation sites is 1. The lowest BCUT2D eigenvalue weighted by Gasteiger charge is -2.25. The minimum Gasteiger partial charge on any atom is -0.399 e. The zero-order chi connectivity index (χ0) is 13.1. The van der Waals surface area contributed by atoms with Crippen molar-refractivity contribution in [3.63, 3.8) is 0 Å². The monoisotopic (exact) mass is 308 g/mol. The molecule has 0 saturated carbocycles. The van der Waals surface area contributed by atoms with Gasteiger partial charge < -0.3 is 10.6 Å². The summed E-state index contributed by atoms with van der Waals surface area (Å²) in [5.74, 6) is -0.233. The Morgan fingerprint density at radius 2 is 1.89 bits per heavy atom. The fourth-order valence-electron chi connectivity index (χ4n) is 1.88. The molecule has 0 radical (unpaired) electrons. The average molecular weight is 309 g/mol. The molecule has 0 heterocycles. The van der Waals surface area contributed by atoms with E-state index in [9.17, 15) is 4.39 Å². The van der Waals surface area contributed by atoms with Gasteiger partial charge in [-0.2, -0.15) is 0 Å². The van der Waals surface area contributed by atoms with Gasteiger partial charge in [0.2, 0.25) is 0 Å². The summed E-state index contributed by atoms with van der Waals surface area (Å²) in [5.41, 5.74) is 7.85. The third-order valence-electron chi connectivity index (χ3n) is 2.72. The number of hydrogen-bond donors (Lipinski definition) is 1. The predicted molar refractivity (Wildman–Crippen MR) is 77.6 cm³/mol. The Bertz CT molecular complexity index is 557. The van der Waals surface area contributed by atoms with Crippen molar-refractivity contribution in [2.45, 2.75) is 6.92 Å². The fraction of sp³-hybridized carbons (Fsp3) is 0.143. The van der Waals surface area contributed by atoms with Crippen LogP contribution < -0.4 is 10.6 Å². The highest BCUT2D eigenvalue weighted by Crippen LogP contribution is 2.34. The summed E-state index contributed by atoms with van der Waals surface area (Å²) in [7, 11) is 0. The molecule has 0 atom stereocenters. The van der Waals surface area contributed by atoms with Gasteiger partial charge in [-0.15, -0.1) is 0 Å². The molecule has 0 aromatic heterocycles. The Labute approximate surface area is 114 Å². The van der Waals surface area contributed by atoms with E-state index in [0.717, 1.165) is 10.2 Å². The lowest BCUT2D eigenvalue weighted by atomic mass is 10.2. The fourth-order valence-corrected chi connectivity index (χ4v) is 2.49. The van der Waals surface area contributed by atoms with Crippen LogP contribution in [0, 0.1) is 5.82 Å². The molecule has 0 amide bonds. The van der Waals surface area contributed by atoms with Gasteiger partial charge in [0.25, 0.3) is 0 Å². The molecular formula is C14H14BrFN2. The van der Waals surface area contributed by atoms with Crippen molar-refractivity contribution in [1.82, 2.24) is 0 Å². The third-order valence-corrected chi connectivity index (χ3v) is 3.36. The van der Waals surface area contributed by atoms with Crippen LogP contribution in [0.15, 0.2) is 46.9 Å². The maximum Gasteiger partial charge on any atom is 0.146 e. The first-order chi connectivity index (χ1) is 8.63. The van der Waals surface area contributed by atoms with Crippen LogP contribution in [0.3, 0.4) is 0 Å². The summed E-state index contributed by atoms with van der Waals surface area (Å²) in [4.78, 5) is 1.90. The van der Waals surface area contributed by atoms with E-state index >= 15 is 0 Å². The molecule has 0 aliphatic carbocycles. The molecular weight excluding hydrogens is 295 g/mol. The van der Waals surface area contributed by atoms with Gasteiger partial charge in [0.05, 0.1) is 11.4 Å². The lowest BCUT2D eigenvalue weighted by molar-refractivity contribution is 0.625. The van der Waals surface area contributed by atoms with Gasteiger partial charge in [0.15, 0.2) is 0 Å². The van der Waals surface area contributed by atoms with E-state index in [1.807, 2.05) is 36.1 Å². The van der Waals surface area contributed by atoms with Gasteiger partial charge in [-0.05, 0) is 53.2 Å². The number of benzene rings is 2. The summed E-state index contributed by atoms with van der Waals surface area (Å²) < 4.78 is 14.7. The molecule has 0 spiro atoms. The molecule has 94 valence electrons. The molecule has 2 nitrogen and oxygen atoms in total. The molecule has 2 N–H and O–H groups in total. The lowest BCUT2D eigenvalue weighted by Crippen LogP contribution is -2.17. The highest BCUT2D eigenvalue weighted by molar-refractivity contribution is 9.10. The molecule has 2 aromatic carbocycles. The summed E-state index contributed by atoms with van der Waals surface area (Å²) in [6.45, 7) is 2.65. The Morgan fingerprint density at radius 3 is 2.50 bits per heavy atom. The van der Waals surface area contributed by atoms with Gasteiger partial charge in [-0.25, -0.2) is 4.39 Å². The second-order valence-corrected chi connectivity index (χ2v) is 4.76.